The van der Waals surface area contributed by atoms with Crippen LogP contribution in [0.1, 0.15) is 78.6 Å². The van der Waals surface area contributed by atoms with Gasteiger partial charge >= 0.3 is 0 Å². The number of hydrogen-bond acceptors (Lipinski definition) is 0. The van der Waals surface area contributed by atoms with Crippen LogP contribution in [0.25, 0.3) is 0 Å². The Labute approximate surface area is 120 Å². The van der Waals surface area contributed by atoms with Crippen molar-refractivity contribution in [2.75, 3.05) is 0 Å². The number of rotatable bonds is 6. The van der Waals surface area contributed by atoms with Gasteiger partial charge in [0.25, 0.3) is 0 Å². The van der Waals surface area contributed by atoms with E-state index >= 15 is 0 Å². The molecule has 0 aliphatic carbocycles. The van der Waals surface area contributed by atoms with E-state index in [0.29, 0.717) is 0 Å². The van der Waals surface area contributed by atoms with Crippen LogP contribution in [0.3, 0.4) is 0 Å². The average molecular weight is 409 g/mol. The summed E-state index contributed by atoms with van der Waals surface area (Å²) in [4.78, 5) is 0. The zero-order valence-electron chi connectivity index (χ0n) is 11.8. The predicted octanol–water partition coefficient (Wildman–Crippen LogP) is 6.03. The summed E-state index contributed by atoms with van der Waals surface area (Å²) in [7, 11) is 0. The molecular weight excluding hydrogens is 375 g/mol. The summed E-state index contributed by atoms with van der Waals surface area (Å²) < 4.78 is 0. The second kappa shape index (κ2) is 36.1. The van der Waals surface area contributed by atoms with Crippen LogP contribution in [0.4, 0.5) is 0 Å². The minimum absolute atomic E-state index is 0. The van der Waals surface area contributed by atoms with E-state index in [9.17, 15) is 0 Å². The molecule has 106 valence electrons. The summed E-state index contributed by atoms with van der Waals surface area (Å²) in [5.41, 5.74) is 0. The van der Waals surface area contributed by atoms with E-state index in [1.54, 1.807) is 0 Å². The van der Waals surface area contributed by atoms with Crippen molar-refractivity contribution < 1.29 is 21.1 Å². The van der Waals surface area contributed by atoms with Crippen LogP contribution in [0.2, 0.25) is 0 Å². The van der Waals surface area contributed by atoms with Gasteiger partial charge in [-0.05, 0) is 0 Å². The van der Waals surface area contributed by atoms with Crippen LogP contribution in [0.15, 0.2) is 0 Å². The second-order valence-corrected chi connectivity index (χ2v) is 3.62. The van der Waals surface area contributed by atoms with E-state index in [0.717, 1.165) is 19.3 Å². The van der Waals surface area contributed by atoms with Crippen molar-refractivity contribution in [3.05, 3.63) is 20.8 Å². The van der Waals surface area contributed by atoms with Crippen LogP contribution in [0, 0.1) is 20.8 Å². The third-order valence-corrected chi connectivity index (χ3v) is 1.81. The van der Waals surface area contributed by atoms with Crippen molar-refractivity contribution in [2.24, 2.45) is 0 Å². The normalized spacial score (nSPS) is 7.88. The fourth-order valence-corrected chi connectivity index (χ4v) is 0.750. The van der Waals surface area contributed by atoms with Gasteiger partial charge in [-0.3, -0.25) is 0 Å². The molecule has 0 atom stereocenters. The molecule has 0 aromatic heterocycles. The van der Waals surface area contributed by atoms with Gasteiger partial charge in [-0.2, -0.15) is 19.3 Å². The molecule has 0 spiro atoms. The van der Waals surface area contributed by atoms with Gasteiger partial charge in [0.1, 0.15) is 0 Å². The molecule has 16 heavy (non-hydrogen) atoms. The van der Waals surface area contributed by atoms with Crippen LogP contribution >= 0.6 is 0 Å². The number of hydrogen-bond donors (Lipinski definition) is 0. The van der Waals surface area contributed by atoms with Gasteiger partial charge in [0.05, 0.1) is 0 Å². The summed E-state index contributed by atoms with van der Waals surface area (Å²) in [6.45, 7) is 17.5. The Bertz CT molecular complexity index is 42.2. The first-order valence-electron chi connectivity index (χ1n) is 6.62. The van der Waals surface area contributed by atoms with Crippen LogP contribution in [0.5, 0.6) is 0 Å². The van der Waals surface area contributed by atoms with E-state index in [1.165, 1.54) is 38.5 Å². The van der Waals surface area contributed by atoms with Crippen molar-refractivity contribution in [3.8, 4) is 0 Å². The molecule has 0 aliphatic rings. The van der Waals surface area contributed by atoms with E-state index < -0.39 is 0 Å². The second-order valence-electron chi connectivity index (χ2n) is 3.62. The third kappa shape index (κ3) is 61.5. The van der Waals surface area contributed by atoms with Crippen LogP contribution in [-0.2, 0) is 21.1 Å². The van der Waals surface area contributed by atoms with Gasteiger partial charge in [-0.1, -0.05) is 59.3 Å². The van der Waals surface area contributed by atoms with Gasteiger partial charge in [0.2, 0.25) is 0 Å². The van der Waals surface area contributed by atoms with Crippen molar-refractivity contribution in [2.45, 2.75) is 78.6 Å². The molecule has 0 radical (unpaired) electrons. The SMILES string of the molecule is [CH2-]CCCC.[CH2-]CCCC.[CH2-]CCCC.[Pt]. The van der Waals surface area contributed by atoms with Gasteiger partial charge in [-0.15, -0.1) is 0 Å². The minimum Gasteiger partial charge on any atom is -0.343 e. The monoisotopic (exact) mass is 408 g/mol. The molecule has 0 aromatic carbocycles. The zero-order valence-corrected chi connectivity index (χ0v) is 14.1. The fourth-order valence-electron chi connectivity index (χ4n) is 0.750. The molecule has 0 aromatic rings. The molecule has 0 fully saturated rings. The standard InChI is InChI=1S/3C5H11.Pt/c3*1-3-5-4-2;/h3*1,3-5H2,2H3;/q3*-1;. The maximum atomic E-state index is 3.68. The summed E-state index contributed by atoms with van der Waals surface area (Å²) in [5.74, 6) is 0. The average Bonchev–Trinajstić information content (AvgIpc) is 2.23. The van der Waals surface area contributed by atoms with Crippen LogP contribution in [-0.4, -0.2) is 0 Å². The molecule has 0 rings (SSSR count). The smallest absolute Gasteiger partial charge is 0 e. The molecule has 0 unspecified atom stereocenters. The molecule has 0 aliphatic heterocycles. The van der Waals surface area contributed by atoms with Gasteiger partial charge in [0.15, 0.2) is 0 Å². The first-order chi connectivity index (χ1) is 7.24. The van der Waals surface area contributed by atoms with Crippen molar-refractivity contribution in [1.29, 1.82) is 0 Å². The van der Waals surface area contributed by atoms with Crippen molar-refractivity contribution in [1.82, 2.24) is 0 Å². The predicted molar refractivity (Wildman–Crippen MR) is 74.6 cm³/mol. The van der Waals surface area contributed by atoms with Crippen LogP contribution < -0.4 is 0 Å². The summed E-state index contributed by atoms with van der Waals surface area (Å²) in [6, 6.07) is 0. The third-order valence-electron chi connectivity index (χ3n) is 1.81. The first kappa shape index (κ1) is 25.5. The van der Waals surface area contributed by atoms with Gasteiger partial charge < -0.3 is 20.8 Å². The molecular formula is C15H33Pt-3. The Hall–Kier alpha value is 0.688. The maximum absolute atomic E-state index is 3.68. The Kier molecular flexibility index (Phi) is 57.5. The summed E-state index contributed by atoms with van der Waals surface area (Å²) >= 11 is 0. The zero-order chi connectivity index (χ0) is 12.4. The molecule has 1 heteroatoms. The minimum atomic E-state index is 0. The van der Waals surface area contributed by atoms with Crippen molar-refractivity contribution >= 4 is 0 Å². The maximum Gasteiger partial charge on any atom is 0 e. The molecule has 0 saturated heterocycles. The first-order valence-corrected chi connectivity index (χ1v) is 6.62. The molecule has 0 saturated carbocycles. The Balaban J connectivity index is -0.0000000655. The van der Waals surface area contributed by atoms with Crippen molar-refractivity contribution in [3.63, 3.8) is 0 Å². The number of unbranched alkanes of at least 4 members (excludes halogenated alkanes) is 6. The Morgan fingerprint density at radius 2 is 0.750 bits per heavy atom. The molecule has 0 bridgehead atoms. The van der Waals surface area contributed by atoms with E-state index in [1.807, 2.05) is 0 Å². The molecule has 0 N–H and O–H groups in total. The van der Waals surface area contributed by atoms with E-state index in [4.69, 9.17) is 0 Å². The molecule has 0 nitrogen and oxygen atoms in total. The Morgan fingerprint density at radius 1 is 0.562 bits per heavy atom. The van der Waals surface area contributed by atoms with Gasteiger partial charge in [-0.25, -0.2) is 0 Å². The van der Waals surface area contributed by atoms with E-state index in [-0.39, 0.29) is 21.1 Å². The fraction of sp³-hybridized carbons (Fsp3) is 0.800. The summed E-state index contributed by atoms with van der Waals surface area (Å²) in [5, 5.41) is 0. The largest absolute Gasteiger partial charge is 0.343 e. The molecule has 0 heterocycles. The molecule has 0 amide bonds. The quantitative estimate of drug-likeness (QED) is 0.471. The Morgan fingerprint density at radius 3 is 0.750 bits per heavy atom. The van der Waals surface area contributed by atoms with E-state index in [2.05, 4.69) is 41.5 Å². The summed E-state index contributed by atoms with van der Waals surface area (Å²) in [6.07, 6.45) is 11.0. The topological polar surface area (TPSA) is 0 Å². The van der Waals surface area contributed by atoms with Gasteiger partial charge in [0, 0.05) is 21.1 Å².